The topological polar surface area (TPSA) is 66.5 Å². The van der Waals surface area contributed by atoms with Crippen LogP contribution in [-0.4, -0.2) is 40.7 Å². The largest absolute Gasteiger partial charge is 0.324 e. The standard InChI is InChI=1S/C29H25BrN2O3S/c1-36-15-14-22(27(33)31-17-12-10-16(30)11-13-17)32-28(34)25-23-18-6-2-3-7-19(18)24(26(25)29(32)35)21-9-5-4-8-20(21)23/h2-13,22-26H,14-15H2,1H3,(H,31,33)/t22-,23?,24?,25-,26-/m0/s1. The van der Waals surface area contributed by atoms with Crippen LogP contribution in [0.3, 0.4) is 0 Å². The molecular formula is C29H25BrN2O3S. The van der Waals surface area contributed by atoms with Gasteiger partial charge in [-0.1, -0.05) is 64.5 Å². The Morgan fingerprint density at radius 3 is 1.78 bits per heavy atom. The first-order chi connectivity index (χ1) is 17.5. The molecule has 7 heteroatoms. The SMILES string of the molecule is CSCC[C@@H](C(=O)Nc1ccc(Br)cc1)N1C(=O)[C@H]2C3c4ccccc4C(c4ccccc43)[C@@H]2C1=O. The Kier molecular flexibility index (Phi) is 6.00. The van der Waals surface area contributed by atoms with Crippen molar-refractivity contribution in [3.63, 3.8) is 0 Å². The van der Waals surface area contributed by atoms with E-state index in [2.05, 4.69) is 45.5 Å². The van der Waals surface area contributed by atoms with Gasteiger partial charge in [0.05, 0.1) is 11.8 Å². The summed E-state index contributed by atoms with van der Waals surface area (Å²) in [5.41, 5.74) is 5.15. The zero-order valence-corrected chi connectivity index (χ0v) is 22.1. The van der Waals surface area contributed by atoms with Crippen LogP contribution in [0.25, 0.3) is 0 Å². The highest BCUT2D eigenvalue weighted by Crippen LogP contribution is 2.61. The smallest absolute Gasteiger partial charge is 0.247 e. The van der Waals surface area contributed by atoms with Gasteiger partial charge in [-0.2, -0.15) is 11.8 Å². The molecule has 4 aliphatic rings. The molecule has 1 saturated heterocycles. The van der Waals surface area contributed by atoms with Crippen molar-refractivity contribution >= 4 is 51.1 Å². The Morgan fingerprint density at radius 1 is 0.861 bits per heavy atom. The molecular weight excluding hydrogens is 536 g/mol. The first kappa shape index (κ1) is 23.5. The number of amides is 3. The third-order valence-electron chi connectivity index (χ3n) is 7.80. The first-order valence-electron chi connectivity index (χ1n) is 12.1. The summed E-state index contributed by atoms with van der Waals surface area (Å²) in [5.74, 6) is -1.42. The van der Waals surface area contributed by atoms with Crippen LogP contribution in [0.4, 0.5) is 5.69 Å². The number of halogens is 1. The van der Waals surface area contributed by atoms with Gasteiger partial charge in [0, 0.05) is 22.0 Å². The van der Waals surface area contributed by atoms with Crippen molar-refractivity contribution in [2.75, 3.05) is 17.3 Å². The lowest BCUT2D eigenvalue weighted by Crippen LogP contribution is -2.48. The Balaban J connectivity index is 1.39. The Hall–Kier alpha value is -2.90. The van der Waals surface area contributed by atoms with Gasteiger partial charge in [0.15, 0.2) is 0 Å². The Labute approximate surface area is 222 Å². The van der Waals surface area contributed by atoms with Crippen LogP contribution in [0.1, 0.15) is 40.5 Å². The second kappa shape index (κ2) is 9.20. The first-order valence-corrected chi connectivity index (χ1v) is 14.3. The summed E-state index contributed by atoms with van der Waals surface area (Å²) in [6.07, 6.45) is 2.38. The van der Waals surface area contributed by atoms with E-state index in [0.29, 0.717) is 17.9 Å². The molecule has 3 aliphatic carbocycles. The quantitative estimate of drug-likeness (QED) is 0.410. The third kappa shape index (κ3) is 3.55. The highest BCUT2D eigenvalue weighted by atomic mass is 79.9. The number of nitrogens with zero attached hydrogens (tertiary/aromatic N) is 1. The minimum Gasteiger partial charge on any atom is -0.324 e. The molecule has 7 rings (SSSR count). The second-order valence-electron chi connectivity index (χ2n) is 9.60. The zero-order chi connectivity index (χ0) is 25.0. The molecule has 1 N–H and O–H groups in total. The number of carbonyl (C=O) groups excluding carboxylic acids is 3. The van der Waals surface area contributed by atoms with Crippen LogP contribution in [0.2, 0.25) is 0 Å². The van der Waals surface area contributed by atoms with E-state index in [9.17, 15) is 14.4 Å². The fourth-order valence-electron chi connectivity index (χ4n) is 6.37. The molecule has 1 fully saturated rings. The number of anilines is 1. The van der Waals surface area contributed by atoms with E-state index in [-0.39, 0.29) is 29.6 Å². The molecule has 0 spiro atoms. The van der Waals surface area contributed by atoms with Gasteiger partial charge in [-0.15, -0.1) is 0 Å². The molecule has 3 atom stereocenters. The molecule has 5 nitrogen and oxygen atoms in total. The van der Waals surface area contributed by atoms with Crippen molar-refractivity contribution in [3.8, 4) is 0 Å². The number of imide groups is 1. The van der Waals surface area contributed by atoms with Crippen LogP contribution in [0, 0.1) is 11.8 Å². The summed E-state index contributed by atoms with van der Waals surface area (Å²) in [6.45, 7) is 0. The molecule has 3 aromatic rings. The maximum Gasteiger partial charge on any atom is 0.247 e. The molecule has 3 amide bonds. The van der Waals surface area contributed by atoms with Gasteiger partial charge in [0.2, 0.25) is 17.7 Å². The number of nitrogens with one attached hydrogen (secondary N) is 1. The highest BCUT2D eigenvalue weighted by Gasteiger charge is 2.62. The van der Waals surface area contributed by atoms with E-state index in [1.54, 1.807) is 23.9 Å². The summed E-state index contributed by atoms with van der Waals surface area (Å²) < 4.78 is 0.906. The number of hydrogen-bond donors (Lipinski definition) is 1. The number of likely N-dealkylation sites (tertiary alicyclic amines) is 1. The van der Waals surface area contributed by atoms with Crippen molar-refractivity contribution in [2.24, 2.45) is 11.8 Å². The molecule has 1 heterocycles. The average molecular weight is 562 g/mol. The molecule has 3 aromatic carbocycles. The summed E-state index contributed by atoms with van der Waals surface area (Å²) in [5, 5.41) is 2.93. The minimum atomic E-state index is -0.850. The molecule has 0 radical (unpaired) electrons. The van der Waals surface area contributed by atoms with Crippen LogP contribution < -0.4 is 5.32 Å². The fourth-order valence-corrected chi connectivity index (χ4v) is 7.10. The van der Waals surface area contributed by atoms with Crippen molar-refractivity contribution in [1.82, 2.24) is 4.90 Å². The van der Waals surface area contributed by atoms with E-state index in [1.807, 2.05) is 42.7 Å². The lowest BCUT2D eigenvalue weighted by Gasteiger charge is -2.45. The summed E-state index contributed by atoms with van der Waals surface area (Å²) in [6, 6.07) is 22.8. The van der Waals surface area contributed by atoms with E-state index >= 15 is 0 Å². The number of rotatable bonds is 6. The maximum atomic E-state index is 14.1. The predicted octanol–water partition coefficient (Wildman–Crippen LogP) is 5.40. The predicted molar refractivity (Wildman–Crippen MR) is 145 cm³/mol. The van der Waals surface area contributed by atoms with Gasteiger partial charge >= 0.3 is 0 Å². The molecule has 0 saturated carbocycles. The van der Waals surface area contributed by atoms with Crippen LogP contribution in [-0.2, 0) is 14.4 Å². The monoisotopic (exact) mass is 560 g/mol. The van der Waals surface area contributed by atoms with Gasteiger partial charge in [-0.25, -0.2) is 0 Å². The highest BCUT2D eigenvalue weighted by molar-refractivity contribution is 9.10. The molecule has 2 bridgehead atoms. The fraction of sp³-hybridized carbons (Fsp3) is 0.276. The third-order valence-corrected chi connectivity index (χ3v) is 8.98. The minimum absolute atomic E-state index is 0.176. The average Bonchev–Trinajstić information content (AvgIpc) is 3.16. The normalized spacial score (nSPS) is 24.2. The molecule has 0 aromatic heterocycles. The van der Waals surface area contributed by atoms with Crippen molar-refractivity contribution in [3.05, 3.63) is 99.5 Å². The Bertz CT molecular complexity index is 1260. The lowest BCUT2D eigenvalue weighted by atomic mass is 9.55. The molecule has 36 heavy (non-hydrogen) atoms. The van der Waals surface area contributed by atoms with Crippen molar-refractivity contribution in [2.45, 2.75) is 24.3 Å². The summed E-state index contributed by atoms with van der Waals surface area (Å²) >= 11 is 5.01. The van der Waals surface area contributed by atoms with Crippen molar-refractivity contribution in [1.29, 1.82) is 0 Å². The van der Waals surface area contributed by atoms with Gasteiger partial charge in [0.25, 0.3) is 0 Å². The number of hydrogen-bond acceptors (Lipinski definition) is 4. The summed E-state index contributed by atoms with van der Waals surface area (Å²) in [4.78, 5) is 43.0. The van der Waals surface area contributed by atoms with E-state index in [4.69, 9.17) is 0 Å². The molecule has 0 unspecified atom stereocenters. The van der Waals surface area contributed by atoms with E-state index < -0.39 is 17.9 Å². The number of carbonyl (C=O) groups is 3. The van der Waals surface area contributed by atoms with E-state index in [1.165, 1.54) is 4.90 Å². The van der Waals surface area contributed by atoms with Gasteiger partial charge in [0.1, 0.15) is 6.04 Å². The van der Waals surface area contributed by atoms with E-state index in [0.717, 1.165) is 26.7 Å². The van der Waals surface area contributed by atoms with Crippen molar-refractivity contribution < 1.29 is 14.4 Å². The van der Waals surface area contributed by atoms with Gasteiger partial charge < -0.3 is 5.32 Å². The summed E-state index contributed by atoms with van der Waals surface area (Å²) in [7, 11) is 0. The number of benzene rings is 3. The number of thioether (sulfide) groups is 1. The van der Waals surface area contributed by atoms with Gasteiger partial charge in [-0.05, 0) is 64.9 Å². The molecule has 1 aliphatic heterocycles. The maximum absolute atomic E-state index is 14.1. The second-order valence-corrected chi connectivity index (χ2v) is 11.5. The Morgan fingerprint density at radius 2 is 1.33 bits per heavy atom. The van der Waals surface area contributed by atoms with Crippen LogP contribution >= 0.6 is 27.7 Å². The zero-order valence-electron chi connectivity index (χ0n) is 19.7. The van der Waals surface area contributed by atoms with Crippen LogP contribution in [0.15, 0.2) is 77.3 Å². The lowest BCUT2D eigenvalue weighted by molar-refractivity contribution is -0.146. The van der Waals surface area contributed by atoms with Crippen LogP contribution in [0.5, 0.6) is 0 Å². The van der Waals surface area contributed by atoms with Gasteiger partial charge in [-0.3, -0.25) is 19.3 Å². The molecule has 182 valence electrons.